The molecule has 25 nitrogen and oxygen atoms in total. The number of hydrogen-bond acceptors (Lipinski definition) is 22. The van der Waals surface area contributed by atoms with Gasteiger partial charge in [0.1, 0.15) is 29.6 Å². The molecule has 2 fully saturated rings. The highest BCUT2D eigenvalue weighted by atomic mass is 19.4. The summed E-state index contributed by atoms with van der Waals surface area (Å²) in [6.07, 6.45) is -10.0. The van der Waals surface area contributed by atoms with E-state index in [0.717, 1.165) is 29.2 Å². The van der Waals surface area contributed by atoms with E-state index in [-0.39, 0.29) is 74.6 Å². The Morgan fingerprint density at radius 1 is 0.602 bits per heavy atom. The van der Waals surface area contributed by atoms with Crippen LogP contribution >= 0.6 is 0 Å². The lowest BCUT2D eigenvalue weighted by molar-refractivity contribution is -0.174. The molecule has 8 aliphatic heterocycles. The number of hydrogen-bond donors (Lipinski definition) is 5. The summed E-state index contributed by atoms with van der Waals surface area (Å²) < 4.78 is 124. The number of aromatic hydroxyl groups is 2. The molecule has 0 saturated carbocycles. The highest BCUT2D eigenvalue weighted by molar-refractivity contribution is 5.90. The third-order valence-electron chi connectivity index (χ3n) is 20.2. The van der Waals surface area contributed by atoms with E-state index in [0.29, 0.717) is 91.8 Å². The molecule has 2 saturated heterocycles. The molecule has 4 aromatic carbocycles. The minimum Gasteiger partial charge on any atom is -0.504 e. The van der Waals surface area contributed by atoms with Gasteiger partial charge in [-0.05, 0) is 96.7 Å². The summed E-state index contributed by atoms with van der Waals surface area (Å²) in [4.78, 5) is 82.5. The van der Waals surface area contributed by atoms with Crippen molar-refractivity contribution in [2.75, 3.05) is 55.0 Å². The number of carbonyl (C=O) groups excluding carboxylic acids is 6. The third kappa shape index (κ3) is 11.8. The summed E-state index contributed by atoms with van der Waals surface area (Å²) in [5, 5.41) is 51.8. The van der Waals surface area contributed by atoms with Crippen LogP contribution in [0.5, 0.6) is 57.5 Å². The normalized spacial score (nSPS) is 24.5. The second-order valence-corrected chi connectivity index (χ2v) is 25.9. The molecule has 4 bridgehead atoms. The van der Waals surface area contributed by atoms with Crippen LogP contribution in [0.25, 0.3) is 0 Å². The molecule has 12 atom stereocenters. The average molecular weight is 1370 g/mol. The predicted molar refractivity (Wildman–Crippen MR) is 329 cm³/mol. The molecule has 2 unspecified atom stereocenters. The number of benzene rings is 4. The van der Waals surface area contributed by atoms with Gasteiger partial charge in [0.25, 0.3) is 0 Å². The standard InChI is InChI=1S/C34H37F3N4O8.C33H36F3N5O8/c1-14-7-18-9-20-22(11-38)41-21(27(40(20)5)25(18)28(44)29(14)46-6)10-19-26(32-31(47-13-48-32)16(3)30(19)49-17(4)42)23(41)12-39-33(45)15(2)8-24(43)34(35,36)37;1-13-7-17-8-19-21(10-37)41-20(25(40(19)5)23(17)26(43)27(13)46-6)9-18-24(30-29(47-12-48-30)14(2)28(18)49-16(4)42)22(41)11-38-31(44)15(3)39-32(45)33(34,35)36/h7,15,20-23,27,44H,8-10,12-13H2,1-6H3,(H,39,45);7,15,19-22,25,43H,8-9,11-12H2,1-6H3,(H,38,44)(H,39,45)/t15-,20+,21?,22+,23+,27+;15-,19-,20?,21-,22-,25-/m10/s1. The fourth-order valence-electron chi connectivity index (χ4n) is 16.2. The Kier molecular flexibility index (Phi) is 18.7. The number of halogens is 6. The first kappa shape index (κ1) is 70.0. The van der Waals surface area contributed by atoms with E-state index in [2.05, 4.69) is 27.7 Å². The first-order chi connectivity index (χ1) is 46.2. The first-order valence-corrected chi connectivity index (χ1v) is 31.6. The number of phenols is 2. The molecule has 31 heteroatoms. The van der Waals surface area contributed by atoms with Crippen molar-refractivity contribution in [1.82, 2.24) is 35.6 Å². The number of piperazine rings is 2. The number of phenolic OH excluding ortho intramolecular Hbond substituents is 2. The van der Waals surface area contributed by atoms with Crippen molar-refractivity contribution in [2.24, 2.45) is 5.92 Å². The van der Waals surface area contributed by atoms with Crippen LogP contribution in [-0.2, 0) is 54.5 Å². The van der Waals surface area contributed by atoms with Gasteiger partial charge in [0.15, 0.2) is 46.0 Å². The Bertz CT molecular complexity index is 3840. The Balaban J connectivity index is 0.000000198. The summed E-state index contributed by atoms with van der Waals surface area (Å²) in [5.41, 5.74) is 7.60. The summed E-state index contributed by atoms with van der Waals surface area (Å²) in [6.45, 7) is 11.3. The number of nitrogens with zero attached hydrogens (tertiary/aromatic N) is 6. The van der Waals surface area contributed by atoms with Crippen molar-refractivity contribution in [3.05, 3.63) is 78.9 Å². The number of aryl methyl sites for hydroxylation is 2. The van der Waals surface area contributed by atoms with E-state index in [1.807, 2.05) is 54.8 Å². The van der Waals surface area contributed by atoms with Crippen molar-refractivity contribution in [3.63, 3.8) is 0 Å². The molecule has 524 valence electrons. The first-order valence-electron chi connectivity index (χ1n) is 31.6. The van der Waals surface area contributed by atoms with E-state index in [1.165, 1.54) is 35.0 Å². The van der Waals surface area contributed by atoms with Crippen molar-refractivity contribution >= 4 is 35.4 Å². The number of Topliss-reactive ketones (excluding diaryl/α,β-unsaturated/α-hetero) is 1. The number of ketones is 1. The van der Waals surface area contributed by atoms with Crippen LogP contribution < -0.4 is 53.8 Å². The van der Waals surface area contributed by atoms with Crippen LogP contribution in [0.3, 0.4) is 0 Å². The van der Waals surface area contributed by atoms with Crippen molar-refractivity contribution in [1.29, 1.82) is 10.5 Å². The molecule has 8 aliphatic rings. The van der Waals surface area contributed by atoms with Gasteiger partial charge in [0.2, 0.25) is 31.2 Å². The number of fused-ring (bicyclic) bond motifs is 18. The predicted octanol–water partition coefficient (Wildman–Crippen LogP) is 6.34. The number of nitrogens with one attached hydrogen (secondary N) is 3. The Morgan fingerprint density at radius 2 is 1.00 bits per heavy atom. The maximum absolute atomic E-state index is 13.2. The summed E-state index contributed by atoms with van der Waals surface area (Å²) in [7, 11) is 6.70. The fraction of sp³-hybridized carbons (Fsp3) is 0.522. The Labute approximate surface area is 558 Å². The van der Waals surface area contributed by atoms with E-state index >= 15 is 0 Å². The molecule has 0 aromatic heterocycles. The van der Waals surface area contributed by atoms with Gasteiger partial charge in [-0.1, -0.05) is 19.1 Å². The number of ether oxygens (including phenoxy) is 8. The summed E-state index contributed by atoms with van der Waals surface area (Å²) >= 11 is 0. The van der Waals surface area contributed by atoms with Crippen molar-refractivity contribution in [2.45, 2.75) is 166 Å². The smallest absolute Gasteiger partial charge is 0.471 e. The zero-order chi connectivity index (χ0) is 71.4. The van der Waals surface area contributed by atoms with Gasteiger partial charge >= 0.3 is 30.2 Å². The number of esters is 2. The minimum atomic E-state index is -5.19. The number of carbonyl (C=O) groups is 6. The summed E-state index contributed by atoms with van der Waals surface area (Å²) in [5.74, 6) is -6.04. The molecule has 8 heterocycles. The monoisotopic (exact) mass is 1370 g/mol. The second kappa shape index (κ2) is 26.2. The summed E-state index contributed by atoms with van der Waals surface area (Å²) in [6, 6.07) is 1.19. The second-order valence-electron chi connectivity index (χ2n) is 25.9. The molecule has 0 spiro atoms. The number of methoxy groups -OCH3 is 2. The van der Waals surface area contributed by atoms with E-state index in [4.69, 9.17) is 37.9 Å². The van der Waals surface area contributed by atoms with Crippen molar-refractivity contribution in [3.8, 4) is 69.6 Å². The molecule has 12 rings (SSSR count). The van der Waals surface area contributed by atoms with Gasteiger partial charge in [0.05, 0.1) is 50.5 Å². The molecule has 3 amide bonds. The lowest BCUT2D eigenvalue weighted by atomic mass is 9.71. The van der Waals surface area contributed by atoms with Gasteiger partial charge < -0.3 is 64.1 Å². The Morgan fingerprint density at radius 3 is 1.37 bits per heavy atom. The van der Waals surface area contributed by atoms with Gasteiger partial charge in [0, 0.05) is 108 Å². The SMILES string of the molecule is COc1c(C)cc2c(c1O)[C@@H]1C3Cc4c(OC(C)=O)c(C)c5c(c4[C@H](CNC(=O)[C@H](C)CC(=O)C(F)(F)F)N3[C@@H](C#N)[C@H](C2)N1C)OCO5.COc1c(C)cc2c(c1O)[C@@H]1C3Cc4c(OC(C)=O)c(C)c5c(c4[C@H](CNC(=O)[C@H](C)NC(=O)C(F)(F)F)N3[C@@H](C#N)[C@H](C2)N1C)OCO5. The number of amides is 3. The molecule has 98 heavy (non-hydrogen) atoms. The number of rotatable bonds is 13. The number of alkyl halides is 6. The molecule has 4 aromatic rings. The highest BCUT2D eigenvalue weighted by Gasteiger charge is 2.59. The molecular weight excluding hydrogens is 1300 g/mol. The van der Waals surface area contributed by atoms with Gasteiger partial charge in [-0.3, -0.25) is 48.4 Å². The van der Waals surface area contributed by atoms with E-state index < -0.39 is 115 Å². The van der Waals surface area contributed by atoms with Crippen LogP contribution in [0.4, 0.5) is 26.3 Å². The fourth-order valence-corrected chi connectivity index (χ4v) is 16.2. The zero-order valence-electron chi connectivity index (χ0n) is 55.5. The topological polar surface area (TPSA) is 313 Å². The molecule has 5 N–H and O–H groups in total. The number of likely N-dealkylation sites (N-methyl/N-ethyl adjacent to an activating group) is 2. The van der Waals surface area contributed by atoms with Crippen LogP contribution in [0.2, 0.25) is 0 Å². The lowest BCUT2D eigenvalue weighted by Gasteiger charge is -2.60. The maximum Gasteiger partial charge on any atom is 0.471 e. The van der Waals surface area contributed by atoms with Crippen molar-refractivity contribution < 1.29 is 103 Å². The zero-order valence-corrected chi connectivity index (χ0v) is 55.5. The molecule has 0 aliphatic carbocycles. The third-order valence-corrected chi connectivity index (χ3v) is 20.2. The largest absolute Gasteiger partial charge is 0.504 e. The van der Waals surface area contributed by atoms with Gasteiger partial charge in [-0.15, -0.1) is 0 Å². The van der Waals surface area contributed by atoms with Crippen LogP contribution in [0.15, 0.2) is 12.1 Å². The van der Waals surface area contributed by atoms with E-state index in [1.54, 1.807) is 19.2 Å². The lowest BCUT2D eigenvalue weighted by Crippen LogP contribution is -2.69. The maximum atomic E-state index is 13.2. The molecule has 0 radical (unpaired) electrons. The van der Waals surface area contributed by atoms with Gasteiger partial charge in [-0.25, -0.2) is 0 Å². The molecular formula is C67H73F6N9O16. The number of nitriles is 2. The van der Waals surface area contributed by atoms with Crippen LogP contribution in [-0.4, -0.2) is 175 Å². The minimum absolute atomic E-state index is 0.0240. The average Bonchev–Trinajstić information content (AvgIpc) is 0.898. The highest BCUT2D eigenvalue weighted by Crippen LogP contribution is 2.61. The van der Waals surface area contributed by atoms with Crippen LogP contribution in [0, 0.1) is 56.3 Å². The van der Waals surface area contributed by atoms with Crippen LogP contribution in [0.1, 0.15) is 125 Å². The quantitative estimate of drug-likeness (QED) is 0.0554. The van der Waals surface area contributed by atoms with E-state index in [9.17, 15) is 75.8 Å². The Hall–Kier alpha value is -9.30. The van der Waals surface area contributed by atoms with Gasteiger partial charge in [-0.2, -0.15) is 36.9 Å².